The summed E-state index contributed by atoms with van der Waals surface area (Å²) >= 11 is 0. The Balaban J connectivity index is 0.00000361. The average Bonchev–Trinajstić information content (AvgIpc) is 2.39. The van der Waals surface area contributed by atoms with E-state index in [-0.39, 0.29) is 24.1 Å². The van der Waals surface area contributed by atoms with Crippen LogP contribution in [-0.4, -0.2) is 40.2 Å². The predicted molar refractivity (Wildman–Crippen MR) is 83.0 cm³/mol. The molecule has 0 radical (unpaired) electrons. The number of nitrogens with one attached hydrogen (secondary N) is 3. The molecule has 20 heavy (non-hydrogen) atoms. The van der Waals surface area contributed by atoms with E-state index in [0.717, 1.165) is 0 Å². The van der Waals surface area contributed by atoms with Crippen molar-refractivity contribution in [2.45, 2.75) is 6.92 Å². The minimum atomic E-state index is -3.40. The first kappa shape index (κ1) is 18.7. The molecule has 0 aromatic heterocycles. The number of sulfonamides is 1. The van der Waals surface area contributed by atoms with E-state index in [4.69, 9.17) is 0 Å². The Hall–Kier alpha value is -1.31. The number of para-hydroxylation sites is 1. The van der Waals surface area contributed by atoms with Gasteiger partial charge in [0.05, 0.1) is 17.0 Å². The summed E-state index contributed by atoms with van der Waals surface area (Å²) in [5.41, 5.74) is 0.613. The lowest BCUT2D eigenvalue weighted by molar-refractivity contribution is 0.0955. The van der Waals surface area contributed by atoms with Crippen LogP contribution in [0.3, 0.4) is 0 Å². The van der Waals surface area contributed by atoms with Crippen LogP contribution in [0.1, 0.15) is 17.3 Å². The zero-order valence-electron chi connectivity index (χ0n) is 11.5. The SMILES string of the molecule is CCS(=O)(=O)Nc1ccccc1C(=O)NCCNC.Cl. The number of anilines is 1. The molecule has 3 N–H and O–H groups in total. The van der Waals surface area contributed by atoms with Crippen LogP contribution in [-0.2, 0) is 10.0 Å². The molecule has 1 rings (SSSR count). The smallest absolute Gasteiger partial charge is 0.253 e. The third-order valence-electron chi connectivity index (χ3n) is 2.48. The van der Waals surface area contributed by atoms with E-state index in [9.17, 15) is 13.2 Å². The van der Waals surface area contributed by atoms with Gasteiger partial charge in [0.1, 0.15) is 0 Å². The van der Waals surface area contributed by atoms with Gasteiger partial charge < -0.3 is 10.6 Å². The third kappa shape index (κ3) is 5.77. The largest absolute Gasteiger partial charge is 0.351 e. The molecule has 114 valence electrons. The summed E-state index contributed by atoms with van der Waals surface area (Å²) in [5.74, 6) is -0.340. The van der Waals surface area contributed by atoms with Crippen molar-refractivity contribution in [3.8, 4) is 0 Å². The molecule has 0 heterocycles. The number of amides is 1. The molecule has 1 amide bonds. The van der Waals surface area contributed by atoms with Crippen molar-refractivity contribution in [3.05, 3.63) is 29.8 Å². The van der Waals surface area contributed by atoms with E-state index in [0.29, 0.717) is 24.3 Å². The molecule has 0 aliphatic carbocycles. The number of carbonyl (C=O) groups excluding carboxylic acids is 1. The molecule has 0 spiro atoms. The Labute approximate surface area is 125 Å². The fourth-order valence-electron chi connectivity index (χ4n) is 1.41. The molecule has 6 nitrogen and oxygen atoms in total. The Morgan fingerprint density at radius 3 is 2.45 bits per heavy atom. The monoisotopic (exact) mass is 321 g/mol. The lowest BCUT2D eigenvalue weighted by Crippen LogP contribution is -2.31. The van der Waals surface area contributed by atoms with E-state index in [1.165, 1.54) is 6.92 Å². The number of hydrogen-bond donors (Lipinski definition) is 3. The number of rotatable bonds is 7. The van der Waals surface area contributed by atoms with Crippen LogP contribution in [0.2, 0.25) is 0 Å². The Kier molecular flexibility index (Phi) is 8.21. The fraction of sp³-hybridized carbons (Fsp3) is 0.417. The maximum atomic E-state index is 11.9. The summed E-state index contributed by atoms with van der Waals surface area (Å²) < 4.78 is 25.5. The molecule has 8 heteroatoms. The lowest BCUT2D eigenvalue weighted by atomic mass is 10.1. The number of benzene rings is 1. The fourth-order valence-corrected chi connectivity index (χ4v) is 2.06. The first-order chi connectivity index (χ1) is 9.00. The van der Waals surface area contributed by atoms with Gasteiger partial charge >= 0.3 is 0 Å². The summed E-state index contributed by atoms with van der Waals surface area (Å²) in [6, 6.07) is 6.52. The van der Waals surface area contributed by atoms with Gasteiger partial charge in [-0.15, -0.1) is 12.4 Å². The lowest BCUT2D eigenvalue weighted by Gasteiger charge is -2.11. The van der Waals surface area contributed by atoms with Gasteiger partial charge in [0.2, 0.25) is 10.0 Å². The van der Waals surface area contributed by atoms with Crippen LogP contribution >= 0.6 is 12.4 Å². The predicted octanol–water partition coefficient (Wildman–Crippen LogP) is 0.819. The molecule has 0 unspecified atom stereocenters. The third-order valence-corrected chi connectivity index (χ3v) is 3.77. The highest BCUT2D eigenvalue weighted by Crippen LogP contribution is 2.16. The molecular formula is C12H20ClN3O3S. The van der Waals surface area contributed by atoms with E-state index in [1.807, 2.05) is 0 Å². The van der Waals surface area contributed by atoms with Crippen molar-refractivity contribution in [1.82, 2.24) is 10.6 Å². The van der Waals surface area contributed by atoms with Crippen molar-refractivity contribution >= 4 is 34.0 Å². The van der Waals surface area contributed by atoms with Crippen LogP contribution in [0.25, 0.3) is 0 Å². The average molecular weight is 322 g/mol. The van der Waals surface area contributed by atoms with E-state index >= 15 is 0 Å². The summed E-state index contributed by atoms with van der Waals surface area (Å²) in [7, 11) is -1.61. The molecule has 1 aromatic rings. The first-order valence-corrected chi connectivity index (χ1v) is 7.67. The van der Waals surface area contributed by atoms with E-state index < -0.39 is 10.0 Å². The topological polar surface area (TPSA) is 87.3 Å². The van der Waals surface area contributed by atoms with Crippen LogP contribution in [0.15, 0.2) is 24.3 Å². The molecule has 0 atom stereocenters. The zero-order valence-corrected chi connectivity index (χ0v) is 13.1. The molecule has 0 aliphatic rings. The maximum Gasteiger partial charge on any atom is 0.253 e. The highest BCUT2D eigenvalue weighted by molar-refractivity contribution is 7.92. The Morgan fingerprint density at radius 1 is 1.20 bits per heavy atom. The standard InChI is InChI=1S/C12H19N3O3S.ClH/c1-3-19(17,18)15-11-7-5-4-6-10(11)12(16)14-9-8-13-2;/h4-7,13,15H,3,8-9H2,1-2H3,(H,14,16);1H. The number of likely N-dealkylation sites (N-methyl/N-ethyl adjacent to an activating group) is 1. The minimum Gasteiger partial charge on any atom is -0.351 e. The highest BCUT2D eigenvalue weighted by Gasteiger charge is 2.14. The number of halogens is 1. The zero-order chi connectivity index (χ0) is 14.3. The Bertz CT molecular complexity index is 535. The maximum absolute atomic E-state index is 11.9. The molecule has 1 aromatic carbocycles. The van der Waals surface area contributed by atoms with Gasteiger partial charge in [0, 0.05) is 13.1 Å². The number of hydrogen-bond acceptors (Lipinski definition) is 4. The van der Waals surface area contributed by atoms with Gasteiger partial charge in [0.15, 0.2) is 0 Å². The molecule has 0 aliphatic heterocycles. The summed E-state index contributed by atoms with van der Waals surface area (Å²) in [6.45, 7) is 2.66. The quantitative estimate of drug-likeness (QED) is 0.649. The van der Waals surface area contributed by atoms with Gasteiger partial charge in [-0.25, -0.2) is 8.42 Å². The highest BCUT2D eigenvalue weighted by atomic mass is 35.5. The van der Waals surface area contributed by atoms with Crippen molar-refractivity contribution in [3.63, 3.8) is 0 Å². The van der Waals surface area contributed by atoms with Crippen LogP contribution in [0.4, 0.5) is 5.69 Å². The van der Waals surface area contributed by atoms with Gasteiger partial charge in [0.25, 0.3) is 5.91 Å². The van der Waals surface area contributed by atoms with Crippen LogP contribution < -0.4 is 15.4 Å². The van der Waals surface area contributed by atoms with Gasteiger partial charge in [-0.1, -0.05) is 12.1 Å². The van der Waals surface area contributed by atoms with Gasteiger partial charge in [-0.05, 0) is 26.1 Å². The summed E-state index contributed by atoms with van der Waals surface area (Å²) in [5, 5.41) is 5.62. The molecule has 0 saturated heterocycles. The second-order valence-electron chi connectivity index (χ2n) is 3.91. The van der Waals surface area contributed by atoms with E-state index in [1.54, 1.807) is 31.3 Å². The molecular weight excluding hydrogens is 302 g/mol. The van der Waals surface area contributed by atoms with Crippen molar-refractivity contribution < 1.29 is 13.2 Å². The second-order valence-corrected chi connectivity index (χ2v) is 5.92. The normalized spacial score (nSPS) is 10.5. The van der Waals surface area contributed by atoms with Crippen LogP contribution in [0.5, 0.6) is 0 Å². The molecule has 0 fully saturated rings. The van der Waals surface area contributed by atoms with Gasteiger partial charge in [-0.2, -0.15) is 0 Å². The Morgan fingerprint density at radius 2 is 1.85 bits per heavy atom. The first-order valence-electron chi connectivity index (χ1n) is 6.02. The van der Waals surface area contributed by atoms with E-state index in [2.05, 4.69) is 15.4 Å². The molecule has 0 bridgehead atoms. The second kappa shape index (κ2) is 8.78. The summed E-state index contributed by atoms with van der Waals surface area (Å²) in [4.78, 5) is 11.9. The number of carbonyl (C=O) groups is 1. The van der Waals surface area contributed by atoms with Crippen molar-refractivity contribution in [2.24, 2.45) is 0 Å². The van der Waals surface area contributed by atoms with Crippen molar-refractivity contribution in [2.75, 3.05) is 30.6 Å². The summed E-state index contributed by atoms with van der Waals surface area (Å²) in [6.07, 6.45) is 0. The van der Waals surface area contributed by atoms with Crippen molar-refractivity contribution in [1.29, 1.82) is 0 Å². The van der Waals surface area contributed by atoms with Crippen LogP contribution in [0, 0.1) is 0 Å². The molecule has 0 saturated carbocycles. The minimum absolute atomic E-state index is 0. The van der Waals surface area contributed by atoms with Gasteiger partial charge in [-0.3, -0.25) is 9.52 Å².